The smallest absolute Gasteiger partial charge is 0.408 e. The van der Waals surface area contributed by atoms with Crippen molar-refractivity contribution in [3.05, 3.63) is 0 Å². The van der Waals surface area contributed by atoms with E-state index in [9.17, 15) is 14.4 Å². The lowest BCUT2D eigenvalue weighted by atomic mass is 10.1. The van der Waals surface area contributed by atoms with E-state index in [2.05, 4.69) is 5.32 Å². The molecule has 6 heteroatoms. The highest BCUT2D eigenvalue weighted by molar-refractivity contribution is 5.88. The maximum atomic E-state index is 11.5. The number of aldehydes is 1. The third kappa shape index (κ3) is 3.18. The molecule has 1 fully saturated rings. The van der Waals surface area contributed by atoms with Crippen molar-refractivity contribution in [3.63, 3.8) is 0 Å². The van der Waals surface area contributed by atoms with Crippen LogP contribution in [0, 0.1) is 5.92 Å². The number of rotatable bonds is 4. The molecule has 0 aromatic heterocycles. The number of ether oxygens (including phenoxy) is 1. The van der Waals surface area contributed by atoms with Gasteiger partial charge in [-0.3, -0.25) is 0 Å². The Morgan fingerprint density at radius 2 is 2.12 bits per heavy atom. The van der Waals surface area contributed by atoms with Crippen LogP contribution in [0.2, 0.25) is 0 Å². The standard InChI is InChI=1S/C11H17NO5/c1-10(2,3)17-9(16)12-11(8(14)15)6-7(11)4-5-13/h5,7H,4,6H2,1-3H3,(H,12,16)(H,14,15)/t7-,11-/m1/s1. The summed E-state index contributed by atoms with van der Waals surface area (Å²) in [5.41, 5.74) is -2.01. The molecular weight excluding hydrogens is 226 g/mol. The van der Waals surface area contributed by atoms with Crippen molar-refractivity contribution in [2.45, 2.75) is 44.8 Å². The fourth-order valence-electron chi connectivity index (χ4n) is 1.68. The van der Waals surface area contributed by atoms with Gasteiger partial charge in [0.25, 0.3) is 0 Å². The molecule has 6 nitrogen and oxygen atoms in total. The van der Waals surface area contributed by atoms with Crippen molar-refractivity contribution >= 4 is 18.3 Å². The SMILES string of the molecule is CC(C)(C)OC(=O)N[C@]1(C(=O)O)C[C@H]1CC=O. The normalized spacial score (nSPS) is 27.1. The van der Waals surface area contributed by atoms with Crippen LogP contribution in [0.3, 0.4) is 0 Å². The molecule has 1 amide bonds. The number of carbonyl (C=O) groups is 3. The average molecular weight is 243 g/mol. The third-order valence-corrected chi connectivity index (χ3v) is 2.59. The summed E-state index contributed by atoms with van der Waals surface area (Å²) in [7, 11) is 0. The lowest BCUT2D eigenvalue weighted by Gasteiger charge is -2.22. The summed E-state index contributed by atoms with van der Waals surface area (Å²) < 4.78 is 4.99. The molecule has 0 bridgehead atoms. The second-order valence-corrected chi connectivity index (χ2v) is 5.21. The van der Waals surface area contributed by atoms with Gasteiger partial charge < -0.3 is 20.0 Å². The van der Waals surface area contributed by atoms with Crippen LogP contribution in [0.1, 0.15) is 33.6 Å². The van der Waals surface area contributed by atoms with Gasteiger partial charge in [0.1, 0.15) is 17.4 Å². The van der Waals surface area contributed by atoms with Gasteiger partial charge in [0.15, 0.2) is 0 Å². The minimum atomic E-state index is -1.33. The number of hydrogen-bond donors (Lipinski definition) is 2. The number of aliphatic carboxylic acids is 1. The van der Waals surface area contributed by atoms with E-state index in [4.69, 9.17) is 9.84 Å². The van der Waals surface area contributed by atoms with Gasteiger partial charge in [-0.15, -0.1) is 0 Å². The first-order valence-electron chi connectivity index (χ1n) is 5.39. The van der Waals surface area contributed by atoms with Gasteiger partial charge in [0.05, 0.1) is 0 Å². The number of nitrogens with one attached hydrogen (secondary N) is 1. The first-order valence-corrected chi connectivity index (χ1v) is 5.39. The molecular formula is C11H17NO5. The lowest BCUT2D eigenvalue weighted by Crippen LogP contribution is -2.47. The zero-order valence-electron chi connectivity index (χ0n) is 10.1. The largest absolute Gasteiger partial charge is 0.479 e. The maximum absolute atomic E-state index is 11.5. The van der Waals surface area contributed by atoms with Gasteiger partial charge in [-0.1, -0.05) is 0 Å². The van der Waals surface area contributed by atoms with Crippen molar-refractivity contribution in [2.24, 2.45) is 5.92 Å². The van der Waals surface area contributed by atoms with E-state index in [1.807, 2.05) is 0 Å². The Morgan fingerprint density at radius 1 is 1.53 bits per heavy atom. The Labute approximate surface area is 99.3 Å². The summed E-state index contributed by atoms with van der Waals surface area (Å²) in [6.07, 6.45) is 0.280. The number of hydrogen-bond acceptors (Lipinski definition) is 4. The van der Waals surface area contributed by atoms with Gasteiger partial charge >= 0.3 is 12.1 Å². The highest BCUT2D eigenvalue weighted by Gasteiger charge is 2.61. The van der Waals surface area contributed by atoms with Crippen molar-refractivity contribution < 1.29 is 24.2 Å². The van der Waals surface area contributed by atoms with Crippen LogP contribution in [0.4, 0.5) is 4.79 Å². The van der Waals surface area contributed by atoms with Gasteiger partial charge in [0.2, 0.25) is 0 Å². The van der Waals surface area contributed by atoms with Crippen LogP contribution in [-0.2, 0) is 14.3 Å². The van der Waals surface area contributed by atoms with Gasteiger partial charge in [-0.25, -0.2) is 9.59 Å². The number of amides is 1. The summed E-state index contributed by atoms with van der Waals surface area (Å²) in [4.78, 5) is 32.9. The van der Waals surface area contributed by atoms with Crippen LogP contribution < -0.4 is 5.32 Å². The molecule has 2 N–H and O–H groups in total. The quantitative estimate of drug-likeness (QED) is 0.717. The molecule has 1 rings (SSSR count). The summed E-state index contributed by atoms with van der Waals surface area (Å²) in [6, 6.07) is 0. The van der Waals surface area contributed by atoms with Crippen LogP contribution in [0.5, 0.6) is 0 Å². The van der Waals surface area contributed by atoms with Gasteiger partial charge in [-0.05, 0) is 27.2 Å². The van der Waals surface area contributed by atoms with Crippen molar-refractivity contribution in [1.29, 1.82) is 0 Å². The molecule has 1 aliphatic rings. The topological polar surface area (TPSA) is 92.7 Å². The zero-order chi connectivity index (χ0) is 13.3. The van der Waals surface area contributed by atoms with E-state index in [0.29, 0.717) is 6.29 Å². The second kappa shape index (κ2) is 4.35. The summed E-state index contributed by atoms with van der Waals surface area (Å²) in [6.45, 7) is 5.07. The Morgan fingerprint density at radius 3 is 2.53 bits per heavy atom. The first-order chi connectivity index (χ1) is 7.71. The van der Waals surface area contributed by atoms with Crippen molar-refractivity contribution in [2.75, 3.05) is 0 Å². The molecule has 96 valence electrons. The van der Waals surface area contributed by atoms with Crippen LogP contribution in [0.15, 0.2) is 0 Å². The highest BCUT2D eigenvalue weighted by Crippen LogP contribution is 2.45. The molecule has 2 atom stereocenters. The minimum absolute atomic E-state index is 0.127. The Hall–Kier alpha value is -1.59. The predicted octanol–water partition coefficient (Wildman–Crippen LogP) is 0.943. The van der Waals surface area contributed by atoms with Gasteiger partial charge in [0, 0.05) is 12.3 Å². The van der Waals surface area contributed by atoms with Crippen LogP contribution >= 0.6 is 0 Å². The fourth-order valence-corrected chi connectivity index (χ4v) is 1.68. The van der Waals surface area contributed by atoms with E-state index in [1.54, 1.807) is 20.8 Å². The molecule has 0 radical (unpaired) electrons. The molecule has 17 heavy (non-hydrogen) atoms. The van der Waals surface area contributed by atoms with E-state index < -0.39 is 23.2 Å². The molecule has 0 unspecified atom stereocenters. The number of carboxylic acids is 1. The van der Waals surface area contributed by atoms with Gasteiger partial charge in [-0.2, -0.15) is 0 Å². The van der Waals surface area contributed by atoms with Crippen LogP contribution in [-0.4, -0.2) is 34.6 Å². The Bertz CT molecular complexity index is 346. The molecule has 1 saturated carbocycles. The average Bonchev–Trinajstić information content (AvgIpc) is 2.76. The summed E-state index contributed by atoms with van der Waals surface area (Å²) >= 11 is 0. The molecule has 0 saturated heterocycles. The van der Waals surface area contributed by atoms with E-state index >= 15 is 0 Å². The molecule has 0 heterocycles. The molecule has 1 aliphatic carbocycles. The van der Waals surface area contributed by atoms with Crippen molar-refractivity contribution in [1.82, 2.24) is 5.32 Å². The molecule has 0 spiro atoms. The summed E-state index contributed by atoms with van der Waals surface area (Å²) in [5.74, 6) is -1.47. The van der Waals surface area contributed by atoms with Crippen molar-refractivity contribution in [3.8, 4) is 0 Å². The number of carbonyl (C=O) groups excluding carboxylic acids is 2. The first kappa shape index (κ1) is 13.5. The fraction of sp³-hybridized carbons (Fsp3) is 0.727. The maximum Gasteiger partial charge on any atom is 0.408 e. The van der Waals surface area contributed by atoms with E-state index in [-0.39, 0.29) is 18.8 Å². The Kier molecular flexibility index (Phi) is 3.45. The number of carboxylic acid groups (broad SMARTS) is 1. The monoisotopic (exact) mass is 243 g/mol. The molecule has 0 aromatic carbocycles. The molecule has 0 aromatic rings. The predicted molar refractivity (Wildman–Crippen MR) is 58.5 cm³/mol. The molecule has 0 aliphatic heterocycles. The summed E-state index contributed by atoms with van der Waals surface area (Å²) in [5, 5.41) is 11.4. The zero-order valence-corrected chi connectivity index (χ0v) is 10.1. The van der Waals surface area contributed by atoms with E-state index in [0.717, 1.165) is 0 Å². The van der Waals surface area contributed by atoms with Crippen LogP contribution in [0.25, 0.3) is 0 Å². The second-order valence-electron chi connectivity index (χ2n) is 5.21. The minimum Gasteiger partial charge on any atom is -0.479 e. The van der Waals surface area contributed by atoms with E-state index in [1.165, 1.54) is 0 Å². The highest BCUT2D eigenvalue weighted by atomic mass is 16.6. The lowest BCUT2D eigenvalue weighted by molar-refractivity contribution is -0.141. The third-order valence-electron chi connectivity index (χ3n) is 2.59. The Balaban J connectivity index is 2.62. The number of alkyl carbamates (subject to hydrolysis) is 1.